The van der Waals surface area contributed by atoms with Gasteiger partial charge in [0, 0.05) is 0 Å². The predicted molar refractivity (Wildman–Crippen MR) is 33.7 cm³/mol. The molecule has 0 aliphatic heterocycles. The normalized spacial score (nSPS) is 10.3. The fourth-order valence-corrected chi connectivity index (χ4v) is 0.750. The van der Waals surface area contributed by atoms with E-state index in [2.05, 4.69) is 20.8 Å². The van der Waals surface area contributed by atoms with Gasteiger partial charge in [0.05, 0.1) is 19.6 Å². The van der Waals surface area contributed by atoms with Gasteiger partial charge in [-0.05, 0) is 20.8 Å². The van der Waals surface area contributed by atoms with Crippen molar-refractivity contribution in [3.63, 3.8) is 0 Å². The maximum atomic E-state index is 2.22. The van der Waals surface area contributed by atoms with Crippen LogP contribution in [0.3, 0.4) is 0 Å². The van der Waals surface area contributed by atoms with Crippen LogP contribution < -0.4 is 4.90 Å². The van der Waals surface area contributed by atoms with Crippen LogP contribution >= 0.6 is 0 Å². The molecule has 0 aliphatic rings. The lowest BCUT2D eigenvalue weighted by Crippen LogP contribution is -3.11. The van der Waals surface area contributed by atoms with Crippen LogP contribution in [0.4, 0.5) is 0 Å². The van der Waals surface area contributed by atoms with Gasteiger partial charge in [-0.1, -0.05) is 0 Å². The van der Waals surface area contributed by atoms with Crippen molar-refractivity contribution >= 4 is 0 Å². The van der Waals surface area contributed by atoms with Crippen LogP contribution in [0.25, 0.3) is 0 Å². The summed E-state index contributed by atoms with van der Waals surface area (Å²) in [5, 5.41) is 0. The Morgan fingerprint density at radius 3 is 1.29 bits per heavy atom. The Kier molecular flexibility index (Phi) is 4.10. The van der Waals surface area contributed by atoms with Crippen molar-refractivity contribution < 1.29 is 6.33 Å². The van der Waals surface area contributed by atoms with Crippen molar-refractivity contribution in [2.24, 2.45) is 0 Å². The first-order valence-corrected chi connectivity index (χ1v) is 3.18. The van der Waals surface area contributed by atoms with Crippen molar-refractivity contribution in [1.29, 1.82) is 0 Å². The second kappa shape index (κ2) is 4.13. The van der Waals surface area contributed by atoms with E-state index in [0.717, 1.165) is 0 Å². The second-order valence-electron chi connectivity index (χ2n) is 1.81. The molecule has 0 saturated heterocycles. The molecular formula is C6H17N+2. The first kappa shape index (κ1) is 6.96. The smallest absolute Gasteiger partial charge is 0.336 e. The van der Waals surface area contributed by atoms with Crippen molar-refractivity contribution in [2.75, 3.05) is 19.6 Å². The van der Waals surface area contributed by atoms with Crippen molar-refractivity contribution in [3.8, 4) is 0 Å². The Labute approximate surface area is 47.8 Å². The standard InChI is InChI=1S/C6H15N/c1-4-7(5-2)6-3/h4-6H2,1-3H3/p+2. The Balaban J connectivity index is 0. The topological polar surface area (TPSA) is 4.44 Å². The van der Waals surface area contributed by atoms with E-state index in [1.54, 1.807) is 4.90 Å². The maximum absolute atomic E-state index is 2.22. The van der Waals surface area contributed by atoms with Gasteiger partial charge in [-0.3, -0.25) is 0 Å². The van der Waals surface area contributed by atoms with Gasteiger partial charge in [-0.15, -0.1) is 0 Å². The lowest BCUT2D eigenvalue weighted by Gasteiger charge is -2.10. The summed E-state index contributed by atoms with van der Waals surface area (Å²) in [6.45, 7) is 10.5. The fraction of sp³-hybridized carbons (Fsp3) is 1.00. The molecule has 0 rings (SSSR count). The highest BCUT2D eigenvalue weighted by atomic mass is 15.1. The monoisotopic (exact) mass is 103 g/mol. The predicted octanol–water partition coefficient (Wildman–Crippen LogP) is 0.0435. The van der Waals surface area contributed by atoms with E-state index in [0.29, 0.717) is 0 Å². The summed E-state index contributed by atoms with van der Waals surface area (Å²) in [4.78, 5) is 1.68. The zero-order valence-corrected chi connectivity index (χ0v) is 5.62. The molecule has 44 valence electrons. The molecule has 0 amide bonds. The second-order valence-corrected chi connectivity index (χ2v) is 1.81. The highest BCUT2D eigenvalue weighted by Crippen LogP contribution is 1.45. The number of hydrogen-bond donors (Lipinski definition) is 1. The fourth-order valence-electron chi connectivity index (χ4n) is 0.750. The van der Waals surface area contributed by atoms with Gasteiger partial charge in [0.2, 0.25) is 0 Å². The minimum Gasteiger partial charge on any atom is -0.336 e. The van der Waals surface area contributed by atoms with Crippen molar-refractivity contribution in [1.82, 2.24) is 0 Å². The average Bonchev–Trinajstić information content (AvgIpc) is 1.72. The van der Waals surface area contributed by atoms with Crippen LogP contribution in [-0.2, 0) is 0 Å². The number of rotatable bonds is 3. The molecule has 0 radical (unpaired) electrons. The molecule has 1 heteroatoms. The lowest BCUT2D eigenvalue weighted by atomic mass is 10.5. The summed E-state index contributed by atoms with van der Waals surface area (Å²) in [7, 11) is 0. The van der Waals surface area contributed by atoms with Crippen LogP contribution in [-0.4, -0.2) is 19.6 Å². The van der Waals surface area contributed by atoms with Crippen LogP contribution in [0.15, 0.2) is 0 Å². The molecule has 0 saturated carbocycles. The summed E-state index contributed by atoms with van der Waals surface area (Å²) < 4.78 is 0. The van der Waals surface area contributed by atoms with E-state index in [1.807, 2.05) is 0 Å². The van der Waals surface area contributed by atoms with Crippen LogP contribution in [0.1, 0.15) is 22.2 Å². The summed E-state index contributed by atoms with van der Waals surface area (Å²) in [5.41, 5.74) is 0. The molecule has 0 unspecified atom stereocenters. The third kappa shape index (κ3) is 2.63. The Bertz CT molecular complexity index is 30.0. The van der Waals surface area contributed by atoms with Crippen LogP contribution in [0.2, 0.25) is 0 Å². The van der Waals surface area contributed by atoms with Crippen molar-refractivity contribution in [2.45, 2.75) is 20.8 Å². The quantitative estimate of drug-likeness (QED) is 0.514. The third-order valence-electron chi connectivity index (χ3n) is 1.50. The molecule has 7 heavy (non-hydrogen) atoms. The number of hydrogen-bond acceptors (Lipinski definition) is 0. The summed E-state index contributed by atoms with van der Waals surface area (Å²) in [6.07, 6.45) is 0. The number of quaternary nitrogens is 1. The van der Waals surface area contributed by atoms with E-state index < -0.39 is 0 Å². The van der Waals surface area contributed by atoms with Gasteiger partial charge in [-0.2, -0.15) is 0 Å². The van der Waals surface area contributed by atoms with E-state index in [9.17, 15) is 0 Å². The first-order chi connectivity index (χ1) is 3.35. The minimum absolute atomic E-state index is 0. The highest BCUT2D eigenvalue weighted by molar-refractivity contribution is 4.11. The average molecular weight is 103 g/mol. The van der Waals surface area contributed by atoms with Gasteiger partial charge >= 0.3 is 1.43 Å². The largest absolute Gasteiger partial charge is 1.00 e. The molecule has 0 spiro atoms. The molecule has 0 atom stereocenters. The van der Waals surface area contributed by atoms with E-state index >= 15 is 0 Å². The van der Waals surface area contributed by atoms with Gasteiger partial charge < -0.3 is 4.90 Å². The van der Waals surface area contributed by atoms with Gasteiger partial charge in [0.25, 0.3) is 0 Å². The molecule has 0 aromatic heterocycles. The zero-order chi connectivity index (χ0) is 5.70. The Morgan fingerprint density at radius 1 is 1.00 bits per heavy atom. The van der Waals surface area contributed by atoms with E-state index in [-0.39, 0.29) is 1.43 Å². The van der Waals surface area contributed by atoms with Gasteiger partial charge in [0.1, 0.15) is 0 Å². The van der Waals surface area contributed by atoms with Gasteiger partial charge in [-0.25, -0.2) is 0 Å². The molecule has 0 bridgehead atoms. The molecule has 1 nitrogen and oxygen atoms in total. The Morgan fingerprint density at radius 2 is 1.29 bits per heavy atom. The maximum Gasteiger partial charge on any atom is 1.00 e. The lowest BCUT2D eigenvalue weighted by molar-refractivity contribution is -0.894. The summed E-state index contributed by atoms with van der Waals surface area (Å²) in [5.74, 6) is 0. The van der Waals surface area contributed by atoms with E-state index in [4.69, 9.17) is 0 Å². The van der Waals surface area contributed by atoms with Gasteiger partial charge in [0.15, 0.2) is 0 Å². The van der Waals surface area contributed by atoms with E-state index in [1.165, 1.54) is 19.6 Å². The zero-order valence-electron chi connectivity index (χ0n) is 6.62. The number of nitrogens with one attached hydrogen (secondary N) is 1. The molecule has 0 aromatic carbocycles. The summed E-state index contributed by atoms with van der Waals surface area (Å²) in [6, 6.07) is 0. The minimum atomic E-state index is 0. The molecule has 0 aromatic rings. The Hall–Kier alpha value is -0.0400. The molecule has 0 heterocycles. The molecule has 0 aliphatic carbocycles. The van der Waals surface area contributed by atoms with Crippen molar-refractivity contribution in [3.05, 3.63) is 0 Å². The molecule has 0 fully saturated rings. The van der Waals surface area contributed by atoms with Crippen LogP contribution in [0.5, 0.6) is 0 Å². The molecular weight excluding hydrogens is 86.1 g/mol. The third-order valence-corrected chi connectivity index (χ3v) is 1.50. The van der Waals surface area contributed by atoms with Crippen LogP contribution in [0, 0.1) is 0 Å². The summed E-state index contributed by atoms with van der Waals surface area (Å²) >= 11 is 0. The highest BCUT2D eigenvalue weighted by Gasteiger charge is 1.92. The first-order valence-electron chi connectivity index (χ1n) is 3.18. The molecule has 1 N–H and O–H groups in total. The SMILES string of the molecule is CC[NH+](CC)CC.[H+].